The lowest BCUT2D eigenvalue weighted by Crippen LogP contribution is -2.25. The van der Waals surface area contributed by atoms with E-state index in [4.69, 9.17) is 4.74 Å². The Bertz CT molecular complexity index is 841. The van der Waals surface area contributed by atoms with Crippen molar-refractivity contribution in [3.05, 3.63) is 58.0 Å². The summed E-state index contributed by atoms with van der Waals surface area (Å²) in [6, 6.07) is 7.96. The Morgan fingerprint density at radius 3 is 2.59 bits per heavy atom. The molecule has 0 bridgehead atoms. The Morgan fingerprint density at radius 1 is 1.23 bits per heavy atom. The molecule has 1 N–H and O–H groups in total. The average molecular weight is 322 g/mol. The summed E-state index contributed by atoms with van der Waals surface area (Å²) >= 11 is 0. The summed E-state index contributed by atoms with van der Waals surface area (Å²) in [5.74, 6) is 0.290. The van der Waals surface area contributed by atoms with Crippen LogP contribution in [0.3, 0.4) is 0 Å². The lowest BCUT2D eigenvalue weighted by Gasteiger charge is -2.12. The monoisotopic (exact) mass is 322 g/mol. The number of hydrogen-bond acceptors (Lipinski definition) is 4. The Kier molecular flexibility index (Phi) is 4.68. The van der Waals surface area contributed by atoms with Crippen LogP contribution in [0.15, 0.2) is 46.2 Å². The summed E-state index contributed by atoms with van der Waals surface area (Å²) < 4.78 is 33.9. The molecule has 0 aliphatic heterocycles. The van der Waals surface area contributed by atoms with Gasteiger partial charge in [-0.05, 0) is 30.2 Å². The first-order chi connectivity index (χ1) is 10.3. The van der Waals surface area contributed by atoms with E-state index in [1.807, 2.05) is 6.92 Å². The number of rotatable bonds is 5. The molecule has 0 unspecified atom stereocenters. The summed E-state index contributed by atoms with van der Waals surface area (Å²) in [6.07, 6.45) is 1.60. The smallest absolute Gasteiger partial charge is 0.250 e. The van der Waals surface area contributed by atoms with Crippen molar-refractivity contribution >= 4 is 10.0 Å². The number of methoxy groups -OCH3 is 1. The molecule has 2 aromatic rings. The number of nitrogens with zero attached hydrogens (tertiary/aromatic N) is 1. The van der Waals surface area contributed by atoms with Crippen LogP contribution in [0, 0.1) is 6.92 Å². The third-order valence-corrected chi connectivity index (χ3v) is 4.64. The maximum atomic E-state index is 12.4. The number of aromatic nitrogens is 1. The zero-order valence-electron chi connectivity index (χ0n) is 12.7. The first kappa shape index (κ1) is 16.3. The van der Waals surface area contributed by atoms with Gasteiger partial charge in [0, 0.05) is 25.9 Å². The summed E-state index contributed by atoms with van der Waals surface area (Å²) in [6.45, 7) is 1.90. The van der Waals surface area contributed by atoms with Gasteiger partial charge in [0.05, 0.1) is 7.11 Å². The van der Waals surface area contributed by atoms with Crippen molar-refractivity contribution in [1.29, 1.82) is 0 Å². The number of sulfonamides is 1. The zero-order valence-corrected chi connectivity index (χ0v) is 13.5. The maximum Gasteiger partial charge on any atom is 0.250 e. The van der Waals surface area contributed by atoms with Crippen molar-refractivity contribution < 1.29 is 13.2 Å². The molecule has 0 atom stereocenters. The van der Waals surface area contributed by atoms with Gasteiger partial charge >= 0.3 is 0 Å². The van der Waals surface area contributed by atoms with Gasteiger partial charge in [-0.2, -0.15) is 0 Å². The van der Waals surface area contributed by atoms with Gasteiger partial charge < -0.3 is 9.30 Å². The van der Waals surface area contributed by atoms with E-state index < -0.39 is 10.0 Å². The number of pyridine rings is 1. The van der Waals surface area contributed by atoms with Crippen molar-refractivity contribution in [2.75, 3.05) is 7.11 Å². The van der Waals surface area contributed by atoms with Gasteiger partial charge in [0.25, 0.3) is 0 Å². The first-order valence-corrected chi connectivity index (χ1v) is 8.11. The number of benzene rings is 1. The van der Waals surface area contributed by atoms with Crippen molar-refractivity contribution in [2.24, 2.45) is 7.05 Å². The molecule has 0 saturated carbocycles. The number of aryl methyl sites for hydroxylation is 2. The van der Waals surface area contributed by atoms with Gasteiger partial charge in [0.1, 0.15) is 10.6 Å². The minimum absolute atomic E-state index is 0.0908. The molecule has 0 aliphatic carbocycles. The van der Waals surface area contributed by atoms with Crippen LogP contribution in [-0.4, -0.2) is 20.1 Å². The van der Waals surface area contributed by atoms with Gasteiger partial charge in [-0.25, -0.2) is 13.1 Å². The van der Waals surface area contributed by atoms with Gasteiger partial charge in [0.2, 0.25) is 15.6 Å². The lowest BCUT2D eigenvalue weighted by atomic mass is 10.2. The molecule has 1 heterocycles. The predicted molar refractivity (Wildman–Crippen MR) is 83.4 cm³/mol. The molecule has 0 aliphatic rings. The Balaban J connectivity index is 2.26. The van der Waals surface area contributed by atoms with Crippen LogP contribution in [0.1, 0.15) is 11.1 Å². The standard InChI is InChI=1S/C15H18N2O4S/c1-11-4-6-13(21-3)14(8-11)22(19,20)16-9-12-5-7-15(18)17(2)10-12/h4-8,10,16H,9H2,1-3H3. The van der Waals surface area contributed by atoms with Gasteiger partial charge in [-0.3, -0.25) is 4.79 Å². The van der Waals surface area contributed by atoms with E-state index in [1.54, 1.807) is 37.5 Å². The highest BCUT2D eigenvalue weighted by Crippen LogP contribution is 2.24. The fraction of sp³-hybridized carbons (Fsp3) is 0.267. The Morgan fingerprint density at radius 2 is 1.95 bits per heavy atom. The van der Waals surface area contributed by atoms with E-state index >= 15 is 0 Å². The third kappa shape index (κ3) is 3.55. The molecule has 0 radical (unpaired) electrons. The number of nitrogens with one attached hydrogen (secondary N) is 1. The van der Waals surface area contributed by atoms with Crippen molar-refractivity contribution in [1.82, 2.24) is 9.29 Å². The first-order valence-electron chi connectivity index (χ1n) is 6.63. The van der Waals surface area contributed by atoms with Crippen LogP contribution < -0.4 is 15.0 Å². The van der Waals surface area contributed by atoms with E-state index in [9.17, 15) is 13.2 Å². The Labute approximate surface area is 129 Å². The van der Waals surface area contributed by atoms with E-state index in [0.29, 0.717) is 11.3 Å². The van der Waals surface area contributed by atoms with Crippen molar-refractivity contribution in [3.63, 3.8) is 0 Å². The summed E-state index contributed by atoms with van der Waals surface area (Å²) in [4.78, 5) is 11.4. The quantitative estimate of drug-likeness (QED) is 0.897. The van der Waals surface area contributed by atoms with Crippen LogP contribution >= 0.6 is 0 Å². The zero-order chi connectivity index (χ0) is 16.3. The second-order valence-corrected chi connectivity index (χ2v) is 6.70. The van der Waals surface area contributed by atoms with Crippen molar-refractivity contribution in [3.8, 4) is 5.75 Å². The molecule has 118 valence electrons. The molecule has 22 heavy (non-hydrogen) atoms. The minimum atomic E-state index is -3.71. The van der Waals surface area contributed by atoms with Crippen LogP contribution in [0.25, 0.3) is 0 Å². The van der Waals surface area contributed by atoms with Crippen LogP contribution in [0.4, 0.5) is 0 Å². The van der Waals surface area contributed by atoms with Crippen LogP contribution in [0.5, 0.6) is 5.75 Å². The highest BCUT2D eigenvalue weighted by molar-refractivity contribution is 7.89. The highest BCUT2D eigenvalue weighted by atomic mass is 32.2. The highest BCUT2D eigenvalue weighted by Gasteiger charge is 2.19. The van der Waals surface area contributed by atoms with Crippen LogP contribution in [0.2, 0.25) is 0 Å². The molecule has 0 fully saturated rings. The molecule has 7 heteroatoms. The average Bonchev–Trinajstić information content (AvgIpc) is 2.48. The van der Waals surface area contributed by atoms with E-state index in [-0.39, 0.29) is 17.0 Å². The molecular formula is C15H18N2O4S. The molecule has 1 aromatic carbocycles. The SMILES string of the molecule is COc1ccc(C)cc1S(=O)(=O)NCc1ccc(=O)n(C)c1. The summed E-state index contributed by atoms with van der Waals surface area (Å²) in [7, 11) is -0.667. The second kappa shape index (κ2) is 6.33. The van der Waals surface area contributed by atoms with E-state index in [1.165, 1.54) is 17.7 Å². The molecule has 0 amide bonds. The third-order valence-electron chi connectivity index (χ3n) is 3.22. The van der Waals surface area contributed by atoms with Gasteiger partial charge in [-0.1, -0.05) is 12.1 Å². The molecular weight excluding hydrogens is 304 g/mol. The summed E-state index contributed by atoms with van der Waals surface area (Å²) in [5.41, 5.74) is 1.37. The minimum Gasteiger partial charge on any atom is -0.495 e. The molecule has 1 aromatic heterocycles. The largest absolute Gasteiger partial charge is 0.495 e. The van der Waals surface area contributed by atoms with E-state index in [2.05, 4.69) is 4.72 Å². The van der Waals surface area contributed by atoms with E-state index in [0.717, 1.165) is 5.56 Å². The fourth-order valence-corrected chi connectivity index (χ4v) is 3.28. The van der Waals surface area contributed by atoms with Crippen molar-refractivity contribution in [2.45, 2.75) is 18.4 Å². The summed E-state index contributed by atoms with van der Waals surface area (Å²) in [5, 5.41) is 0. The Hall–Kier alpha value is -2.12. The number of ether oxygens (including phenoxy) is 1. The molecule has 2 rings (SSSR count). The second-order valence-electron chi connectivity index (χ2n) is 4.97. The molecule has 0 spiro atoms. The lowest BCUT2D eigenvalue weighted by molar-refractivity contribution is 0.402. The molecule has 6 nitrogen and oxygen atoms in total. The normalized spacial score (nSPS) is 11.4. The fourth-order valence-electron chi connectivity index (χ4n) is 2.01. The number of hydrogen-bond donors (Lipinski definition) is 1. The van der Waals surface area contributed by atoms with Gasteiger partial charge in [0.15, 0.2) is 0 Å². The maximum absolute atomic E-state index is 12.4. The van der Waals surface area contributed by atoms with Crippen LogP contribution in [-0.2, 0) is 23.6 Å². The predicted octanol–water partition coefficient (Wildman–Crippen LogP) is 1.18. The topological polar surface area (TPSA) is 77.4 Å². The molecule has 0 saturated heterocycles. The van der Waals surface area contributed by atoms with Gasteiger partial charge in [-0.15, -0.1) is 0 Å².